The van der Waals surface area contributed by atoms with Crippen LogP contribution in [0.15, 0.2) is 75.7 Å². The van der Waals surface area contributed by atoms with Gasteiger partial charge in [-0.2, -0.15) is 0 Å². The van der Waals surface area contributed by atoms with Crippen molar-refractivity contribution < 1.29 is 24.2 Å². The van der Waals surface area contributed by atoms with Gasteiger partial charge in [-0.3, -0.25) is 9.36 Å². The largest absolute Gasteiger partial charge is 0.496 e. The van der Waals surface area contributed by atoms with Crippen LogP contribution < -0.4 is 19.6 Å². The van der Waals surface area contributed by atoms with Crippen LogP contribution in [0.2, 0.25) is 0 Å². The van der Waals surface area contributed by atoms with Crippen LogP contribution in [0.4, 0.5) is 0 Å². The first-order valence-electron chi connectivity index (χ1n) is 13.0. The minimum absolute atomic E-state index is 0.188. The molecule has 9 nitrogen and oxygen atoms in total. The highest BCUT2D eigenvalue weighted by Crippen LogP contribution is 2.35. The molecule has 1 aliphatic heterocycles. The zero-order valence-electron chi connectivity index (χ0n) is 23.3. The molecule has 0 aliphatic carbocycles. The van der Waals surface area contributed by atoms with Gasteiger partial charge in [-0.1, -0.05) is 29.5 Å². The first-order valence-corrected chi connectivity index (χ1v) is 13.8. The van der Waals surface area contributed by atoms with Crippen molar-refractivity contribution in [2.24, 2.45) is 4.99 Å². The number of hydrogen-bond donors (Lipinski definition) is 1. The lowest BCUT2D eigenvalue weighted by atomic mass is 9.95. The molecule has 0 bridgehead atoms. The number of para-hydroxylation sites is 1. The third-order valence-electron chi connectivity index (χ3n) is 7.08. The molecule has 2 aromatic carbocycles. The van der Waals surface area contributed by atoms with Gasteiger partial charge in [-0.05, 0) is 75.7 Å². The highest BCUT2D eigenvalue weighted by molar-refractivity contribution is 7.07. The Morgan fingerprint density at radius 3 is 2.46 bits per heavy atom. The minimum atomic E-state index is -0.985. The number of thiazole rings is 1. The van der Waals surface area contributed by atoms with Crippen LogP contribution >= 0.6 is 11.3 Å². The Morgan fingerprint density at radius 1 is 1.10 bits per heavy atom. The summed E-state index contributed by atoms with van der Waals surface area (Å²) in [6.45, 7) is 7.57. The molecule has 10 heteroatoms. The van der Waals surface area contributed by atoms with E-state index in [2.05, 4.69) is 4.99 Å². The number of carboxylic acids is 1. The quantitative estimate of drug-likeness (QED) is 0.337. The fourth-order valence-corrected chi connectivity index (χ4v) is 6.24. The molecule has 5 rings (SSSR count). The van der Waals surface area contributed by atoms with E-state index < -0.39 is 18.0 Å². The van der Waals surface area contributed by atoms with E-state index in [0.717, 1.165) is 22.6 Å². The van der Waals surface area contributed by atoms with Gasteiger partial charge in [0, 0.05) is 22.6 Å². The summed E-state index contributed by atoms with van der Waals surface area (Å²) >= 11 is 1.25. The maximum atomic E-state index is 14.0. The second kappa shape index (κ2) is 11.1. The zero-order chi connectivity index (χ0) is 29.4. The average Bonchev–Trinajstić information content (AvgIpc) is 3.41. The number of rotatable bonds is 7. The van der Waals surface area contributed by atoms with Crippen LogP contribution in [-0.4, -0.2) is 39.9 Å². The molecule has 0 radical (unpaired) electrons. The summed E-state index contributed by atoms with van der Waals surface area (Å²) < 4.78 is 15.0. The van der Waals surface area contributed by atoms with Gasteiger partial charge < -0.3 is 19.1 Å². The van der Waals surface area contributed by atoms with Crippen LogP contribution in [0, 0.1) is 13.8 Å². The molecule has 0 saturated carbocycles. The lowest BCUT2D eigenvalue weighted by Crippen LogP contribution is -2.40. The van der Waals surface area contributed by atoms with E-state index in [9.17, 15) is 19.5 Å². The number of carboxylic acid groups (broad SMARTS) is 1. The van der Waals surface area contributed by atoms with E-state index >= 15 is 0 Å². The van der Waals surface area contributed by atoms with Gasteiger partial charge in [-0.15, -0.1) is 0 Å². The number of aromatic nitrogens is 2. The van der Waals surface area contributed by atoms with Crippen LogP contribution in [0.5, 0.6) is 5.75 Å². The van der Waals surface area contributed by atoms with Gasteiger partial charge in [0.2, 0.25) is 0 Å². The van der Waals surface area contributed by atoms with Crippen LogP contribution in [0.25, 0.3) is 11.8 Å². The maximum absolute atomic E-state index is 14.0. The topological polar surface area (TPSA) is 112 Å². The number of ether oxygens (including phenoxy) is 2. The van der Waals surface area contributed by atoms with Gasteiger partial charge in [0.05, 0.1) is 35.1 Å². The van der Waals surface area contributed by atoms with Crippen molar-refractivity contribution in [2.75, 3.05) is 13.7 Å². The summed E-state index contributed by atoms with van der Waals surface area (Å²) in [6.07, 6.45) is 1.83. The Kier molecular flexibility index (Phi) is 7.51. The van der Waals surface area contributed by atoms with Crippen molar-refractivity contribution in [1.29, 1.82) is 0 Å². The van der Waals surface area contributed by atoms with Gasteiger partial charge in [0.15, 0.2) is 4.80 Å². The number of allylic oxidation sites excluding steroid dienone is 1. The Hall–Kier alpha value is -4.70. The lowest BCUT2D eigenvalue weighted by Gasteiger charge is -2.25. The molecule has 4 aromatic rings. The monoisotopic (exact) mass is 571 g/mol. The molecule has 1 aliphatic rings. The number of carbonyl (C=O) groups excluding carboxylic acids is 1. The molecule has 0 amide bonds. The van der Waals surface area contributed by atoms with Crippen molar-refractivity contribution in [3.05, 3.63) is 114 Å². The van der Waals surface area contributed by atoms with E-state index in [4.69, 9.17) is 9.47 Å². The number of esters is 1. The Bertz CT molecular complexity index is 1890. The molecule has 1 N–H and O–H groups in total. The second-order valence-electron chi connectivity index (χ2n) is 9.56. The van der Waals surface area contributed by atoms with Gasteiger partial charge >= 0.3 is 11.9 Å². The molecule has 0 saturated heterocycles. The molecule has 1 atom stereocenters. The predicted octanol–water partition coefficient (Wildman–Crippen LogP) is 3.91. The molecule has 0 unspecified atom stereocenters. The summed E-state index contributed by atoms with van der Waals surface area (Å²) in [5.74, 6) is -0.973. The van der Waals surface area contributed by atoms with Crippen LogP contribution in [-0.2, 0) is 9.53 Å². The van der Waals surface area contributed by atoms with E-state index in [1.165, 1.54) is 15.9 Å². The number of aromatic carboxylic acids is 1. The normalized spacial score (nSPS) is 15.0. The van der Waals surface area contributed by atoms with Crippen molar-refractivity contribution in [3.63, 3.8) is 0 Å². The first-order chi connectivity index (χ1) is 19.7. The van der Waals surface area contributed by atoms with Crippen LogP contribution in [0.3, 0.4) is 0 Å². The summed E-state index contributed by atoms with van der Waals surface area (Å²) in [5, 5.41) is 9.24. The average molecular weight is 572 g/mol. The summed E-state index contributed by atoms with van der Waals surface area (Å²) in [5.41, 5.74) is 4.82. The van der Waals surface area contributed by atoms with E-state index in [0.29, 0.717) is 31.9 Å². The first kappa shape index (κ1) is 27.9. The molecular weight excluding hydrogens is 542 g/mol. The fraction of sp³-hybridized carbons (Fsp3) is 0.226. The molecule has 2 aromatic heterocycles. The number of nitrogens with zero attached hydrogens (tertiary/aromatic N) is 3. The summed E-state index contributed by atoms with van der Waals surface area (Å²) in [7, 11) is 1.55. The molecule has 0 spiro atoms. The summed E-state index contributed by atoms with van der Waals surface area (Å²) in [6, 6.07) is 15.1. The molecule has 41 heavy (non-hydrogen) atoms. The zero-order valence-corrected chi connectivity index (χ0v) is 24.1. The highest BCUT2D eigenvalue weighted by Gasteiger charge is 2.35. The van der Waals surface area contributed by atoms with Gasteiger partial charge in [0.25, 0.3) is 5.56 Å². The highest BCUT2D eigenvalue weighted by atomic mass is 32.1. The smallest absolute Gasteiger partial charge is 0.338 e. The number of methoxy groups -OCH3 is 1. The van der Waals surface area contributed by atoms with E-state index in [1.807, 2.05) is 48.8 Å². The third-order valence-corrected chi connectivity index (χ3v) is 8.06. The number of carbonyl (C=O) groups is 2. The number of fused-ring (bicyclic) bond motifs is 1. The number of benzene rings is 2. The van der Waals surface area contributed by atoms with Gasteiger partial charge in [-0.25, -0.2) is 14.6 Å². The SMILES string of the molecule is CCOC(=O)C1=C(C)N=c2s/c(=C/c3cc(C)n(-c4ccc(C(=O)O)cc4)c3C)c(=O)n2[C@@H]1c1ccccc1OC. The summed E-state index contributed by atoms with van der Waals surface area (Å²) in [4.78, 5) is 43.6. The predicted molar refractivity (Wildman–Crippen MR) is 156 cm³/mol. The number of hydrogen-bond acceptors (Lipinski definition) is 7. The molecule has 0 fully saturated rings. The standard InChI is InChI=1S/C31H29N3O6S/c1-6-40-30(38)26-18(3)32-31-34(27(26)23-9-7-8-10-24(23)39-5)28(35)25(41-31)16-21-15-17(2)33(19(21)4)22-13-11-20(12-14-22)29(36)37/h7-16,27H,6H2,1-5H3,(H,36,37)/b25-16+/t27-/m1/s1. The van der Waals surface area contributed by atoms with Crippen molar-refractivity contribution >= 4 is 29.4 Å². The second-order valence-corrected chi connectivity index (χ2v) is 10.6. The molecule has 210 valence electrons. The molecular formula is C31H29N3O6S. The lowest BCUT2D eigenvalue weighted by molar-refractivity contribution is -0.139. The van der Waals surface area contributed by atoms with E-state index in [1.54, 1.807) is 51.3 Å². The van der Waals surface area contributed by atoms with Crippen molar-refractivity contribution in [1.82, 2.24) is 9.13 Å². The number of aryl methyl sites for hydroxylation is 1. The minimum Gasteiger partial charge on any atom is -0.496 e. The Morgan fingerprint density at radius 2 is 1.80 bits per heavy atom. The van der Waals surface area contributed by atoms with E-state index in [-0.39, 0.29) is 17.7 Å². The van der Waals surface area contributed by atoms with Crippen LogP contribution in [0.1, 0.15) is 52.8 Å². The Balaban J connectivity index is 1.68. The molecule has 3 heterocycles. The Labute approximate surface area is 239 Å². The van der Waals surface area contributed by atoms with Crippen molar-refractivity contribution in [2.45, 2.75) is 33.7 Å². The fourth-order valence-electron chi connectivity index (χ4n) is 5.20. The van der Waals surface area contributed by atoms with Gasteiger partial charge in [0.1, 0.15) is 11.8 Å². The maximum Gasteiger partial charge on any atom is 0.338 e. The van der Waals surface area contributed by atoms with Crippen molar-refractivity contribution in [3.8, 4) is 11.4 Å². The third kappa shape index (κ3) is 4.91.